The van der Waals surface area contributed by atoms with Crippen LogP contribution in [-0.4, -0.2) is 40.4 Å². The minimum absolute atomic E-state index is 0.441. The molecular weight excluding hydrogens is 378 g/mol. The number of rotatable bonds is 9. The molecule has 0 heterocycles. The molecule has 0 unspecified atom stereocenters. The first-order valence-corrected chi connectivity index (χ1v) is 9.55. The van der Waals surface area contributed by atoms with Crippen LogP contribution < -0.4 is 24.8 Å². The average molecular weight is 406 g/mol. The highest BCUT2D eigenvalue weighted by molar-refractivity contribution is 6.30. The molecule has 0 fully saturated rings. The van der Waals surface area contributed by atoms with E-state index in [1.54, 1.807) is 21.3 Å². The lowest BCUT2D eigenvalue weighted by Crippen LogP contribution is -2.38. The maximum absolute atomic E-state index is 6.04. The number of nitrogens with zero attached hydrogens (tertiary/aromatic N) is 1. The van der Waals surface area contributed by atoms with Crippen molar-refractivity contribution in [3.05, 3.63) is 52.5 Å². The monoisotopic (exact) mass is 405 g/mol. The number of methoxy groups -OCH3 is 3. The van der Waals surface area contributed by atoms with E-state index in [4.69, 9.17) is 25.8 Å². The minimum atomic E-state index is 0.441. The van der Waals surface area contributed by atoms with E-state index in [0.29, 0.717) is 23.8 Å². The van der Waals surface area contributed by atoms with Crippen LogP contribution in [0.5, 0.6) is 17.2 Å². The molecule has 0 radical (unpaired) electrons. The van der Waals surface area contributed by atoms with Gasteiger partial charge in [0.15, 0.2) is 17.5 Å². The Labute approximate surface area is 171 Å². The van der Waals surface area contributed by atoms with Gasteiger partial charge in [0.05, 0.1) is 27.9 Å². The second-order valence-electron chi connectivity index (χ2n) is 6.00. The van der Waals surface area contributed by atoms with E-state index in [9.17, 15) is 0 Å². The van der Waals surface area contributed by atoms with E-state index in [1.165, 1.54) is 5.56 Å². The van der Waals surface area contributed by atoms with Gasteiger partial charge in [-0.1, -0.05) is 23.7 Å². The average Bonchev–Trinajstić information content (AvgIpc) is 2.71. The Morgan fingerprint density at radius 2 is 1.79 bits per heavy atom. The zero-order chi connectivity index (χ0) is 20.4. The predicted octanol–water partition coefficient (Wildman–Crippen LogP) is 3.66. The van der Waals surface area contributed by atoms with Gasteiger partial charge in [-0.15, -0.1) is 0 Å². The summed E-state index contributed by atoms with van der Waals surface area (Å²) in [6.45, 7) is 3.99. The second kappa shape index (κ2) is 11.3. The molecule has 0 amide bonds. The summed E-state index contributed by atoms with van der Waals surface area (Å²) in [5, 5.41) is 7.35. The van der Waals surface area contributed by atoms with Crippen molar-refractivity contribution in [2.75, 3.05) is 34.4 Å². The van der Waals surface area contributed by atoms with Crippen molar-refractivity contribution in [3.63, 3.8) is 0 Å². The molecule has 2 aromatic rings. The Balaban J connectivity index is 2.07. The number of benzene rings is 2. The van der Waals surface area contributed by atoms with Crippen LogP contribution in [-0.2, 0) is 13.0 Å². The van der Waals surface area contributed by atoms with Crippen molar-refractivity contribution in [1.82, 2.24) is 10.6 Å². The van der Waals surface area contributed by atoms with Crippen LogP contribution >= 0.6 is 11.6 Å². The SMILES string of the molecule is CCNC(=NCc1ccc(OC)c(OC)c1OC)NCCc1cccc(Cl)c1. The molecule has 0 saturated carbocycles. The molecule has 0 aliphatic carbocycles. The summed E-state index contributed by atoms with van der Waals surface area (Å²) in [6.07, 6.45) is 0.852. The molecule has 2 aromatic carbocycles. The molecule has 2 rings (SSSR count). The van der Waals surface area contributed by atoms with Crippen molar-refractivity contribution in [3.8, 4) is 17.2 Å². The lowest BCUT2D eigenvalue weighted by Gasteiger charge is -2.16. The van der Waals surface area contributed by atoms with Crippen LogP contribution in [0.2, 0.25) is 5.02 Å². The molecule has 0 aliphatic rings. The standard InChI is InChI=1S/C21H28ClN3O3/c1-5-23-21(24-12-11-15-7-6-8-17(22)13-15)25-14-16-9-10-18(26-2)20(28-4)19(16)27-3/h6-10,13H,5,11-12,14H2,1-4H3,(H2,23,24,25). The summed E-state index contributed by atoms with van der Waals surface area (Å²) >= 11 is 6.04. The maximum atomic E-state index is 6.04. The lowest BCUT2D eigenvalue weighted by molar-refractivity contribution is 0.322. The van der Waals surface area contributed by atoms with Crippen LogP contribution in [0.1, 0.15) is 18.1 Å². The van der Waals surface area contributed by atoms with E-state index in [-0.39, 0.29) is 0 Å². The van der Waals surface area contributed by atoms with E-state index >= 15 is 0 Å². The highest BCUT2D eigenvalue weighted by atomic mass is 35.5. The van der Waals surface area contributed by atoms with Gasteiger partial charge in [0.1, 0.15) is 0 Å². The number of ether oxygens (including phenoxy) is 3. The van der Waals surface area contributed by atoms with Gasteiger partial charge in [-0.2, -0.15) is 0 Å². The first-order valence-electron chi connectivity index (χ1n) is 9.17. The molecule has 152 valence electrons. The Hall–Kier alpha value is -2.60. The topological polar surface area (TPSA) is 64.1 Å². The zero-order valence-electron chi connectivity index (χ0n) is 16.8. The molecule has 6 nitrogen and oxygen atoms in total. The molecule has 7 heteroatoms. The van der Waals surface area contributed by atoms with Crippen molar-refractivity contribution in [2.45, 2.75) is 19.9 Å². The lowest BCUT2D eigenvalue weighted by atomic mass is 10.1. The van der Waals surface area contributed by atoms with E-state index in [0.717, 1.165) is 36.1 Å². The smallest absolute Gasteiger partial charge is 0.203 e. The van der Waals surface area contributed by atoms with Gasteiger partial charge in [-0.25, -0.2) is 4.99 Å². The highest BCUT2D eigenvalue weighted by Crippen LogP contribution is 2.39. The molecular formula is C21H28ClN3O3. The van der Waals surface area contributed by atoms with Crippen molar-refractivity contribution < 1.29 is 14.2 Å². The summed E-state index contributed by atoms with van der Waals surface area (Å²) in [5.41, 5.74) is 2.09. The van der Waals surface area contributed by atoms with Gasteiger partial charge in [-0.05, 0) is 43.2 Å². The first kappa shape index (κ1) is 21.7. The number of guanidine groups is 1. The Kier molecular flexibility index (Phi) is 8.75. The van der Waals surface area contributed by atoms with E-state index < -0.39 is 0 Å². The molecule has 0 spiro atoms. The molecule has 0 aromatic heterocycles. The maximum Gasteiger partial charge on any atom is 0.203 e. The Morgan fingerprint density at radius 1 is 1.00 bits per heavy atom. The predicted molar refractivity (Wildman–Crippen MR) is 114 cm³/mol. The molecule has 2 N–H and O–H groups in total. The summed E-state index contributed by atoms with van der Waals surface area (Å²) in [4.78, 5) is 4.66. The number of hydrogen-bond donors (Lipinski definition) is 2. The van der Waals surface area contributed by atoms with E-state index in [2.05, 4.69) is 21.7 Å². The number of nitrogens with one attached hydrogen (secondary N) is 2. The summed E-state index contributed by atoms with van der Waals surface area (Å²) in [5.74, 6) is 2.55. The fourth-order valence-electron chi connectivity index (χ4n) is 2.81. The zero-order valence-corrected chi connectivity index (χ0v) is 17.6. The van der Waals surface area contributed by atoms with Crippen LogP contribution in [0.4, 0.5) is 0 Å². The van der Waals surface area contributed by atoms with Crippen LogP contribution in [0.25, 0.3) is 0 Å². The second-order valence-corrected chi connectivity index (χ2v) is 6.43. The molecule has 0 saturated heterocycles. The fourth-order valence-corrected chi connectivity index (χ4v) is 3.02. The number of halogens is 1. The van der Waals surface area contributed by atoms with Gasteiger partial charge in [0.2, 0.25) is 5.75 Å². The Morgan fingerprint density at radius 3 is 2.43 bits per heavy atom. The third-order valence-corrected chi connectivity index (χ3v) is 4.37. The number of aliphatic imine (C=N–C) groups is 1. The quantitative estimate of drug-likeness (QED) is 0.492. The van der Waals surface area contributed by atoms with Gasteiger partial charge >= 0.3 is 0 Å². The molecule has 0 atom stereocenters. The summed E-state index contributed by atoms with van der Waals surface area (Å²) in [6, 6.07) is 11.7. The van der Waals surface area contributed by atoms with Crippen LogP contribution in [0.3, 0.4) is 0 Å². The van der Waals surface area contributed by atoms with Gasteiger partial charge < -0.3 is 24.8 Å². The van der Waals surface area contributed by atoms with Gasteiger partial charge in [0, 0.05) is 23.7 Å². The Bertz CT molecular complexity index is 796. The largest absolute Gasteiger partial charge is 0.493 e. The van der Waals surface area contributed by atoms with E-state index in [1.807, 2.05) is 37.3 Å². The van der Waals surface area contributed by atoms with Gasteiger partial charge in [0.25, 0.3) is 0 Å². The normalized spacial score (nSPS) is 11.1. The van der Waals surface area contributed by atoms with Crippen LogP contribution in [0, 0.1) is 0 Å². The van der Waals surface area contributed by atoms with Gasteiger partial charge in [-0.3, -0.25) is 0 Å². The van der Waals surface area contributed by atoms with Crippen molar-refractivity contribution >= 4 is 17.6 Å². The molecule has 28 heavy (non-hydrogen) atoms. The van der Waals surface area contributed by atoms with Crippen molar-refractivity contribution in [1.29, 1.82) is 0 Å². The van der Waals surface area contributed by atoms with Crippen LogP contribution in [0.15, 0.2) is 41.4 Å². The minimum Gasteiger partial charge on any atom is -0.493 e. The fraction of sp³-hybridized carbons (Fsp3) is 0.381. The summed E-state index contributed by atoms with van der Waals surface area (Å²) < 4.78 is 16.3. The van der Waals surface area contributed by atoms with Crippen molar-refractivity contribution in [2.24, 2.45) is 4.99 Å². The highest BCUT2D eigenvalue weighted by Gasteiger charge is 2.15. The summed E-state index contributed by atoms with van der Waals surface area (Å²) in [7, 11) is 4.80. The molecule has 0 aliphatic heterocycles. The number of hydrogen-bond acceptors (Lipinski definition) is 4. The third kappa shape index (κ3) is 5.96. The first-order chi connectivity index (χ1) is 13.6. The molecule has 0 bridgehead atoms. The third-order valence-electron chi connectivity index (χ3n) is 4.13.